The number of ether oxygens (including phenoxy) is 4. The van der Waals surface area contributed by atoms with Crippen LogP contribution in [0.3, 0.4) is 0 Å². The lowest BCUT2D eigenvalue weighted by molar-refractivity contribution is -0.280. The van der Waals surface area contributed by atoms with E-state index >= 15 is 0 Å². The summed E-state index contributed by atoms with van der Waals surface area (Å²) < 4.78 is 23.7. The maximum atomic E-state index is 12.7. The number of aliphatic hydroxyl groups excluding tert-OH is 5. The molecule has 230 valence electrons. The summed E-state index contributed by atoms with van der Waals surface area (Å²) in [5.41, 5.74) is 11.1. The number of β-amino-alcohol motifs (C(OH)–C–C–N with tert-alkyl or cyclic N) is 1. The van der Waals surface area contributed by atoms with Crippen molar-refractivity contribution in [1.29, 1.82) is 0 Å². The smallest absolute Gasteiger partial charge is 0.254 e. The van der Waals surface area contributed by atoms with Crippen molar-refractivity contribution >= 4 is 5.91 Å². The minimum Gasteiger partial charge on any atom is -0.394 e. The van der Waals surface area contributed by atoms with Gasteiger partial charge in [0.2, 0.25) is 0 Å². The van der Waals surface area contributed by atoms with Crippen molar-refractivity contribution in [2.75, 3.05) is 39.4 Å². The fourth-order valence-corrected chi connectivity index (χ4v) is 5.15. The molecule has 0 aromatic rings. The molecule has 0 radical (unpaired) electrons. The lowest BCUT2D eigenvalue weighted by atomic mass is 9.83. The fraction of sp³-hybridized carbons (Fsp3) is 0.875. The van der Waals surface area contributed by atoms with Gasteiger partial charge in [-0.05, 0) is 6.42 Å². The number of carbonyl (C=O) groups excluding carboxylic acids is 1. The van der Waals surface area contributed by atoms with Crippen molar-refractivity contribution in [3.8, 4) is 0 Å². The Kier molecular flexibility index (Phi) is 10.9. The maximum absolute atomic E-state index is 12.7. The Balaban J connectivity index is 1.46. The number of nitrogens with two attached hydrogens (primary N) is 2. The Morgan fingerprint density at radius 3 is 2.45 bits per heavy atom. The van der Waals surface area contributed by atoms with E-state index in [1.165, 1.54) is 0 Å². The van der Waals surface area contributed by atoms with Crippen LogP contribution in [-0.4, -0.2) is 155 Å². The minimum absolute atomic E-state index is 0.0656. The lowest BCUT2D eigenvalue weighted by Gasteiger charge is -2.47. The summed E-state index contributed by atoms with van der Waals surface area (Å²) >= 11 is 0. The molecule has 16 nitrogen and oxygen atoms in total. The van der Waals surface area contributed by atoms with E-state index in [1.807, 2.05) is 0 Å². The largest absolute Gasteiger partial charge is 0.394 e. The van der Waals surface area contributed by atoms with Crippen molar-refractivity contribution in [1.82, 2.24) is 16.0 Å². The predicted molar refractivity (Wildman–Crippen MR) is 136 cm³/mol. The third-order valence-corrected chi connectivity index (χ3v) is 7.63. The average molecular weight is 578 g/mol. The summed E-state index contributed by atoms with van der Waals surface area (Å²) in [6, 6.07) is -2.42. The molecule has 3 fully saturated rings. The molecule has 1 aliphatic carbocycles. The van der Waals surface area contributed by atoms with E-state index in [2.05, 4.69) is 16.0 Å². The SMILES string of the molecule is N[C@@H]1C=C[C@@H](CNCC(O)CO)O[C@@H]1O[C@H]1[C@H](O[C@@H]2O[C@H](CO)C[C@H]2O)[C@@H](O)[C@H](NC(=O)C2(O)CNC2)C[C@@H]1N. The quantitative estimate of drug-likeness (QED) is 0.0964. The van der Waals surface area contributed by atoms with Gasteiger partial charge < -0.3 is 77.0 Å². The first-order chi connectivity index (χ1) is 19.0. The molecule has 0 aromatic carbocycles. The van der Waals surface area contributed by atoms with Crippen molar-refractivity contribution < 1.29 is 54.4 Å². The molecule has 0 spiro atoms. The number of nitrogens with one attached hydrogen (secondary N) is 3. The number of carbonyl (C=O) groups is 1. The molecule has 16 heteroatoms. The molecule has 1 saturated carbocycles. The molecule has 3 heterocycles. The van der Waals surface area contributed by atoms with Crippen molar-refractivity contribution in [2.45, 2.75) is 91.9 Å². The van der Waals surface area contributed by atoms with Gasteiger partial charge in [0, 0.05) is 38.6 Å². The molecule has 4 aliphatic rings. The molecule has 4 rings (SSSR count). The highest BCUT2D eigenvalue weighted by atomic mass is 16.7. The van der Waals surface area contributed by atoms with Crippen molar-refractivity contribution in [3.05, 3.63) is 12.2 Å². The van der Waals surface area contributed by atoms with E-state index in [1.54, 1.807) is 12.2 Å². The van der Waals surface area contributed by atoms with E-state index in [0.29, 0.717) is 0 Å². The summed E-state index contributed by atoms with van der Waals surface area (Å²) in [6.07, 6.45) is -5.43. The van der Waals surface area contributed by atoms with E-state index in [0.717, 1.165) is 0 Å². The zero-order valence-corrected chi connectivity index (χ0v) is 22.1. The van der Waals surface area contributed by atoms with Gasteiger partial charge in [0.05, 0.1) is 43.6 Å². The third-order valence-electron chi connectivity index (χ3n) is 7.63. The number of hydrogen-bond acceptors (Lipinski definition) is 15. The Hall–Kier alpha value is -1.35. The summed E-state index contributed by atoms with van der Waals surface area (Å²) in [6.45, 7) is -0.141. The van der Waals surface area contributed by atoms with E-state index < -0.39 is 84.9 Å². The third kappa shape index (κ3) is 7.34. The standard InChI is InChI=1S/C24H43N5O11/c25-14-2-1-12(6-27-5-11(32)7-30)37-21(14)39-19-15(26)4-16(29-23(35)24(36)9-28-10-24)18(34)20(19)40-22-17(33)3-13(8-31)38-22/h1-2,11-22,27-28,30-34,36H,3-10,25-26H2,(H,29,35)/t11?,12-,13-,14+,15-,16+,17+,18-,19+,20+,21+,22-/m0/s1. The zero-order chi connectivity index (χ0) is 29.0. The van der Waals surface area contributed by atoms with Crippen LogP contribution in [0.25, 0.3) is 0 Å². The van der Waals surface area contributed by atoms with Gasteiger partial charge in [-0.15, -0.1) is 0 Å². The first-order valence-corrected chi connectivity index (χ1v) is 13.6. The second-order valence-corrected chi connectivity index (χ2v) is 10.9. The lowest BCUT2D eigenvalue weighted by Crippen LogP contribution is -2.71. The topological polar surface area (TPSA) is 264 Å². The van der Waals surface area contributed by atoms with Crippen LogP contribution in [0.1, 0.15) is 12.8 Å². The predicted octanol–water partition coefficient (Wildman–Crippen LogP) is -6.31. The molecule has 13 N–H and O–H groups in total. The van der Waals surface area contributed by atoms with Crippen LogP contribution in [0.4, 0.5) is 0 Å². The van der Waals surface area contributed by atoms with Crippen LogP contribution in [-0.2, 0) is 23.7 Å². The summed E-state index contributed by atoms with van der Waals surface area (Å²) in [4.78, 5) is 12.7. The Labute approximate surface area is 231 Å². The number of amides is 1. The highest BCUT2D eigenvalue weighted by Gasteiger charge is 2.51. The van der Waals surface area contributed by atoms with E-state index in [9.17, 15) is 30.3 Å². The van der Waals surface area contributed by atoms with Gasteiger partial charge >= 0.3 is 0 Å². The zero-order valence-electron chi connectivity index (χ0n) is 22.1. The molecule has 0 aromatic heterocycles. The van der Waals surface area contributed by atoms with Crippen molar-refractivity contribution in [2.24, 2.45) is 11.5 Å². The molecule has 40 heavy (non-hydrogen) atoms. The Morgan fingerprint density at radius 2 is 1.82 bits per heavy atom. The van der Waals surface area contributed by atoms with Gasteiger partial charge in [0.1, 0.15) is 24.4 Å². The molecule has 0 bridgehead atoms. The maximum Gasteiger partial charge on any atom is 0.254 e. The second-order valence-electron chi connectivity index (χ2n) is 10.9. The molecule has 12 atom stereocenters. The number of aliphatic hydroxyl groups is 6. The highest BCUT2D eigenvalue weighted by molar-refractivity contribution is 5.87. The van der Waals surface area contributed by atoms with Crippen LogP contribution < -0.4 is 27.4 Å². The summed E-state index contributed by atoms with van der Waals surface area (Å²) in [5, 5.41) is 68.6. The molecule has 1 amide bonds. The summed E-state index contributed by atoms with van der Waals surface area (Å²) in [7, 11) is 0. The number of hydrogen-bond donors (Lipinski definition) is 11. The first kappa shape index (κ1) is 31.6. The molecular formula is C24H43N5O11. The van der Waals surface area contributed by atoms with E-state index in [-0.39, 0.29) is 52.2 Å². The van der Waals surface area contributed by atoms with Gasteiger partial charge in [-0.3, -0.25) is 4.79 Å². The van der Waals surface area contributed by atoms with Crippen LogP contribution in [0.15, 0.2) is 12.2 Å². The van der Waals surface area contributed by atoms with Crippen LogP contribution in [0, 0.1) is 0 Å². The molecule has 1 unspecified atom stereocenters. The van der Waals surface area contributed by atoms with Crippen molar-refractivity contribution in [3.63, 3.8) is 0 Å². The molecule has 2 saturated heterocycles. The number of rotatable bonds is 12. The molecule has 3 aliphatic heterocycles. The summed E-state index contributed by atoms with van der Waals surface area (Å²) in [5.74, 6) is -0.664. The van der Waals surface area contributed by atoms with Gasteiger partial charge in [0.25, 0.3) is 5.91 Å². The van der Waals surface area contributed by atoms with Gasteiger partial charge in [-0.2, -0.15) is 0 Å². The average Bonchev–Trinajstić information content (AvgIpc) is 3.27. The fourth-order valence-electron chi connectivity index (χ4n) is 5.15. The minimum atomic E-state index is -1.60. The van der Waals surface area contributed by atoms with Crippen LogP contribution in [0.2, 0.25) is 0 Å². The second kappa shape index (κ2) is 13.7. The van der Waals surface area contributed by atoms with Crippen LogP contribution in [0.5, 0.6) is 0 Å². The van der Waals surface area contributed by atoms with Gasteiger partial charge in [-0.1, -0.05) is 12.2 Å². The van der Waals surface area contributed by atoms with Gasteiger partial charge in [0.15, 0.2) is 18.2 Å². The monoisotopic (exact) mass is 577 g/mol. The Bertz CT molecular complexity index is 867. The van der Waals surface area contributed by atoms with Gasteiger partial charge in [-0.25, -0.2) is 0 Å². The molecular weight excluding hydrogens is 534 g/mol. The Morgan fingerprint density at radius 1 is 1.10 bits per heavy atom. The van der Waals surface area contributed by atoms with Crippen LogP contribution >= 0.6 is 0 Å². The normalized spacial score (nSPS) is 41.9. The first-order valence-electron chi connectivity index (χ1n) is 13.6. The highest BCUT2D eigenvalue weighted by Crippen LogP contribution is 2.32. The van der Waals surface area contributed by atoms with E-state index in [4.69, 9.17) is 35.5 Å².